The Kier molecular flexibility index (Phi) is 5.81. The summed E-state index contributed by atoms with van der Waals surface area (Å²) in [7, 11) is 0. The number of ether oxygens (including phenoxy) is 1. The first-order valence-corrected chi connectivity index (χ1v) is 7.70. The van der Waals surface area contributed by atoms with Crippen LogP contribution in [0.15, 0.2) is 53.0 Å². The smallest absolute Gasteiger partial charge is 0.224 e. The van der Waals surface area contributed by atoms with E-state index in [4.69, 9.17) is 4.74 Å². The van der Waals surface area contributed by atoms with E-state index in [1.54, 1.807) is 0 Å². The van der Waals surface area contributed by atoms with Gasteiger partial charge in [-0.3, -0.25) is 4.79 Å². The van der Waals surface area contributed by atoms with Crippen molar-refractivity contribution in [2.45, 2.75) is 20.0 Å². The second-order valence-corrected chi connectivity index (χ2v) is 5.57. The second kappa shape index (κ2) is 7.84. The minimum atomic E-state index is 0.000149. The van der Waals surface area contributed by atoms with Gasteiger partial charge < -0.3 is 10.1 Å². The summed E-state index contributed by atoms with van der Waals surface area (Å²) < 4.78 is 6.80. The molecule has 3 nitrogen and oxygen atoms in total. The number of rotatable bonds is 6. The third-order valence-electron chi connectivity index (χ3n) is 2.98. The molecule has 4 heteroatoms. The van der Waals surface area contributed by atoms with Crippen LogP contribution in [0, 0.1) is 0 Å². The van der Waals surface area contributed by atoms with Gasteiger partial charge in [-0.15, -0.1) is 0 Å². The molecule has 0 radical (unpaired) electrons. The number of halogens is 1. The van der Waals surface area contributed by atoms with E-state index in [9.17, 15) is 4.79 Å². The zero-order chi connectivity index (χ0) is 15.1. The maximum atomic E-state index is 11.8. The van der Waals surface area contributed by atoms with Crippen LogP contribution in [0.4, 0.5) is 0 Å². The van der Waals surface area contributed by atoms with Crippen molar-refractivity contribution in [3.8, 4) is 5.75 Å². The minimum absolute atomic E-state index is 0.000149. The normalized spacial score (nSPS) is 10.2. The number of nitrogens with one attached hydrogen (secondary N) is 1. The molecule has 0 aliphatic heterocycles. The lowest BCUT2D eigenvalue weighted by Gasteiger charge is -2.12. The molecule has 1 amide bonds. The van der Waals surface area contributed by atoms with E-state index in [1.807, 2.05) is 55.5 Å². The van der Waals surface area contributed by atoms with E-state index in [1.165, 1.54) is 0 Å². The molecule has 0 aliphatic carbocycles. The van der Waals surface area contributed by atoms with Crippen LogP contribution >= 0.6 is 15.9 Å². The molecular formula is C17H18BrNO2. The highest BCUT2D eigenvalue weighted by Gasteiger charge is 2.09. The fourth-order valence-corrected chi connectivity index (χ4v) is 2.40. The van der Waals surface area contributed by atoms with Crippen molar-refractivity contribution in [1.82, 2.24) is 5.32 Å². The summed E-state index contributed by atoms with van der Waals surface area (Å²) in [5.41, 5.74) is 1.98. The van der Waals surface area contributed by atoms with E-state index in [2.05, 4.69) is 21.2 Å². The van der Waals surface area contributed by atoms with Crippen LogP contribution in [-0.4, -0.2) is 12.5 Å². The van der Waals surface area contributed by atoms with Gasteiger partial charge >= 0.3 is 0 Å². The van der Waals surface area contributed by atoms with Crippen molar-refractivity contribution < 1.29 is 9.53 Å². The molecule has 0 saturated heterocycles. The van der Waals surface area contributed by atoms with Crippen molar-refractivity contribution in [2.24, 2.45) is 0 Å². The molecule has 2 aromatic rings. The highest BCUT2D eigenvalue weighted by Crippen LogP contribution is 2.24. The first-order valence-electron chi connectivity index (χ1n) is 6.91. The van der Waals surface area contributed by atoms with Gasteiger partial charge in [0.25, 0.3) is 0 Å². The number of amides is 1. The summed E-state index contributed by atoms with van der Waals surface area (Å²) in [6, 6.07) is 15.7. The van der Waals surface area contributed by atoms with Gasteiger partial charge in [-0.2, -0.15) is 0 Å². The number of carbonyl (C=O) groups is 1. The average molecular weight is 348 g/mol. The van der Waals surface area contributed by atoms with E-state index in [0.29, 0.717) is 19.6 Å². The third kappa shape index (κ3) is 4.90. The molecule has 2 rings (SSSR count). The monoisotopic (exact) mass is 347 g/mol. The number of likely N-dealkylation sites (N-methyl/N-ethyl adjacent to an activating group) is 1. The van der Waals surface area contributed by atoms with Crippen molar-refractivity contribution in [3.05, 3.63) is 64.1 Å². The van der Waals surface area contributed by atoms with Gasteiger partial charge in [0.05, 0.1) is 6.42 Å². The fourth-order valence-electron chi connectivity index (χ4n) is 1.99. The lowest BCUT2D eigenvalue weighted by atomic mass is 10.1. The quantitative estimate of drug-likeness (QED) is 0.864. The number of hydrogen-bond donors (Lipinski definition) is 1. The lowest BCUT2D eigenvalue weighted by molar-refractivity contribution is -0.120. The fraction of sp³-hybridized carbons (Fsp3) is 0.235. The molecule has 0 heterocycles. The molecule has 0 aromatic heterocycles. The zero-order valence-electron chi connectivity index (χ0n) is 11.9. The Balaban J connectivity index is 2.09. The standard InChI is InChI=1S/C17H18BrNO2/c1-2-19-17(20)11-14-10-15(18)8-9-16(14)21-12-13-6-4-3-5-7-13/h3-10H,2,11-12H2,1H3,(H,19,20). The van der Waals surface area contributed by atoms with Gasteiger partial charge in [0.2, 0.25) is 5.91 Å². The topological polar surface area (TPSA) is 38.3 Å². The summed E-state index contributed by atoms with van der Waals surface area (Å²) in [6.45, 7) is 3.03. The van der Waals surface area contributed by atoms with Gasteiger partial charge in [-0.05, 0) is 30.7 Å². The Morgan fingerprint density at radius 3 is 2.67 bits per heavy atom. The predicted molar refractivity (Wildman–Crippen MR) is 87.3 cm³/mol. The summed E-state index contributed by atoms with van der Waals surface area (Å²) in [4.78, 5) is 11.8. The molecule has 0 fully saturated rings. The highest BCUT2D eigenvalue weighted by atomic mass is 79.9. The molecule has 0 unspecified atom stereocenters. The molecule has 2 aromatic carbocycles. The highest BCUT2D eigenvalue weighted by molar-refractivity contribution is 9.10. The summed E-state index contributed by atoms with van der Waals surface area (Å²) in [5, 5.41) is 2.80. The Morgan fingerprint density at radius 1 is 1.19 bits per heavy atom. The molecule has 0 atom stereocenters. The van der Waals surface area contributed by atoms with Gasteiger partial charge in [0.1, 0.15) is 12.4 Å². The van der Waals surface area contributed by atoms with Crippen LogP contribution in [0.1, 0.15) is 18.1 Å². The van der Waals surface area contributed by atoms with Gasteiger partial charge in [-0.1, -0.05) is 46.3 Å². The number of carbonyl (C=O) groups excluding carboxylic acids is 1. The Labute approximate surface area is 133 Å². The predicted octanol–water partition coefficient (Wildman–Crippen LogP) is 3.71. The van der Waals surface area contributed by atoms with E-state index < -0.39 is 0 Å². The van der Waals surface area contributed by atoms with Gasteiger partial charge in [0, 0.05) is 16.6 Å². The van der Waals surface area contributed by atoms with Gasteiger partial charge in [-0.25, -0.2) is 0 Å². The van der Waals surface area contributed by atoms with Crippen LogP contribution in [-0.2, 0) is 17.8 Å². The van der Waals surface area contributed by atoms with Crippen molar-refractivity contribution in [2.75, 3.05) is 6.54 Å². The maximum Gasteiger partial charge on any atom is 0.224 e. The van der Waals surface area contributed by atoms with E-state index >= 15 is 0 Å². The van der Waals surface area contributed by atoms with Crippen LogP contribution in [0.3, 0.4) is 0 Å². The second-order valence-electron chi connectivity index (χ2n) is 4.66. The lowest BCUT2D eigenvalue weighted by Crippen LogP contribution is -2.24. The minimum Gasteiger partial charge on any atom is -0.489 e. The van der Waals surface area contributed by atoms with Crippen LogP contribution in [0.25, 0.3) is 0 Å². The largest absolute Gasteiger partial charge is 0.489 e. The molecule has 1 N–H and O–H groups in total. The van der Waals surface area contributed by atoms with Crippen LogP contribution < -0.4 is 10.1 Å². The molecule has 0 aliphatic rings. The van der Waals surface area contributed by atoms with E-state index in [-0.39, 0.29) is 5.91 Å². The molecule has 21 heavy (non-hydrogen) atoms. The SMILES string of the molecule is CCNC(=O)Cc1cc(Br)ccc1OCc1ccccc1. The maximum absolute atomic E-state index is 11.8. The molecular weight excluding hydrogens is 330 g/mol. The summed E-state index contributed by atoms with van der Waals surface area (Å²) >= 11 is 3.43. The Hall–Kier alpha value is -1.81. The van der Waals surface area contributed by atoms with E-state index in [0.717, 1.165) is 21.3 Å². The van der Waals surface area contributed by atoms with Crippen LogP contribution in [0.2, 0.25) is 0 Å². The van der Waals surface area contributed by atoms with Crippen molar-refractivity contribution in [3.63, 3.8) is 0 Å². The summed E-state index contributed by atoms with van der Waals surface area (Å²) in [5.74, 6) is 0.744. The zero-order valence-corrected chi connectivity index (χ0v) is 13.5. The third-order valence-corrected chi connectivity index (χ3v) is 3.48. The molecule has 0 spiro atoms. The average Bonchev–Trinajstić information content (AvgIpc) is 2.48. The molecule has 0 bridgehead atoms. The summed E-state index contributed by atoms with van der Waals surface area (Å²) in [6.07, 6.45) is 0.317. The van der Waals surface area contributed by atoms with Crippen molar-refractivity contribution >= 4 is 21.8 Å². The first-order chi connectivity index (χ1) is 10.2. The van der Waals surface area contributed by atoms with Crippen molar-refractivity contribution in [1.29, 1.82) is 0 Å². The number of hydrogen-bond acceptors (Lipinski definition) is 2. The molecule has 0 saturated carbocycles. The Morgan fingerprint density at radius 2 is 1.95 bits per heavy atom. The number of benzene rings is 2. The Bertz CT molecular complexity index is 599. The molecule has 110 valence electrons. The van der Waals surface area contributed by atoms with Gasteiger partial charge in [0.15, 0.2) is 0 Å². The first kappa shape index (κ1) is 15.6. The van der Waals surface area contributed by atoms with Crippen LogP contribution in [0.5, 0.6) is 5.75 Å².